The summed E-state index contributed by atoms with van der Waals surface area (Å²) in [5.74, 6) is -2.11. The Hall–Kier alpha value is -2.37. The van der Waals surface area contributed by atoms with Gasteiger partial charge >= 0.3 is 11.9 Å². The van der Waals surface area contributed by atoms with Crippen molar-refractivity contribution in [2.75, 3.05) is 0 Å². The van der Waals surface area contributed by atoms with Crippen LogP contribution in [0.15, 0.2) is 30.3 Å². The maximum Gasteiger partial charge on any atom is 0.326 e. The van der Waals surface area contributed by atoms with E-state index in [-0.39, 0.29) is 19.4 Å². The number of carbonyl (C=O) groups is 3. The van der Waals surface area contributed by atoms with Crippen LogP contribution < -0.4 is 5.32 Å². The Morgan fingerprint density at radius 1 is 1.25 bits per heavy atom. The van der Waals surface area contributed by atoms with Crippen molar-refractivity contribution in [1.29, 1.82) is 0 Å². The summed E-state index contributed by atoms with van der Waals surface area (Å²) in [6.45, 7) is 1.38. The fourth-order valence-electron chi connectivity index (χ4n) is 1.58. The van der Waals surface area contributed by atoms with Crippen LogP contribution in [0.3, 0.4) is 0 Å². The molecule has 6 nitrogen and oxygen atoms in total. The monoisotopic (exact) mass is 279 g/mol. The first kappa shape index (κ1) is 15.7. The molecule has 0 heterocycles. The molecule has 1 aromatic carbocycles. The van der Waals surface area contributed by atoms with E-state index < -0.39 is 23.9 Å². The number of ether oxygens (including phenoxy) is 1. The van der Waals surface area contributed by atoms with Crippen LogP contribution in [0.5, 0.6) is 0 Å². The molecule has 0 radical (unpaired) electrons. The molecule has 0 saturated heterocycles. The summed E-state index contributed by atoms with van der Waals surface area (Å²) >= 11 is 0. The van der Waals surface area contributed by atoms with Crippen molar-refractivity contribution in [1.82, 2.24) is 5.32 Å². The van der Waals surface area contributed by atoms with Crippen LogP contribution in [0.4, 0.5) is 0 Å². The van der Waals surface area contributed by atoms with Gasteiger partial charge in [0.1, 0.15) is 12.6 Å². The lowest BCUT2D eigenvalue weighted by molar-refractivity contribution is -0.146. The van der Waals surface area contributed by atoms with Crippen LogP contribution in [0, 0.1) is 0 Å². The van der Waals surface area contributed by atoms with Crippen molar-refractivity contribution < 1.29 is 24.2 Å². The lowest BCUT2D eigenvalue weighted by Crippen LogP contribution is -2.39. The number of esters is 1. The molecule has 0 aliphatic rings. The molecular formula is C14H17NO5. The van der Waals surface area contributed by atoms with E-state index in [1.165, 1.54) is 6.92 Å². The minimum Gasteiger partial charge on any atom is -0.480 e. The van der Waals surface area contributed by atoms with Crippen molar-refractivity contribution in [3.05, 3.63) is 35.9 Å². The SMILES string of the molecule is CC(=O)N[C@H](CCC(=O)OCc1ccccc1)C(=O)O. The third-order valence-corrected chi connectivity index (χ3v) is 2.56. The minimum atomic E-state index is -1.17. The number of aliphatic carboxylic acids is 1. The quantitative estimate of drug-likeness (QED) is 0.729. The molecule has 0 bridgehead atoms. The molecule has 0 saturated carbocycles. The van der Waals surface area contributed by atoms with E-state index in [4.69, 9.17) is 9.84 Å². The number of benzene rings is 1. The molecule has 0 unspecified atom stereocenters. The van der Waals surface area contributed by atoms with E-state index >= 15 is 0 Å². The van der Waals surface area contributed by atoms with Crippen molar-refractivity contribution in [2.45, 2.75) is 32.4 Å². The van der Waals surface area contributed by atoms with Gasteiger partial charge in [-0.3, -0.25) is 9.59 Å². The van der Waals surface area contributed by atoms with E-state index in [1.807, 2.05) is 30.3 Å². The highest BCUT2D eigenvalue weighted by Gasteiger charge is 2.19. The van der Waals surface area contributed by atoms with E-state index in [9.17, 15) is 14.4 Å². The maximum atomic E-state index is 11.5. The number of hydrogen-bond acceptors (Lipinski definition) is 4. The van der Waals surface area contributed by atoms with Gasteiger partial charge in [-0.25, -0.2) is 4.79 Å². The highest BCUT2D eigenvalue weighted by molar-refractivity contribution is 5.82. The predicted molar refractivity (Wildman–Crippen MR) is 70.7 cm³/mol. The van der Waals surface area contributed by atoms with Crippen molar-refractivity contribution in [3.8, 4) is 0 Å². The topological polar surface area (TPSA) is 92.7 Å². The third kappa shape index (κ3) is 5.99. The van der Waals surface area contributed by atoms with Crippen LogP contribution >= 0.6 is 0 Å². The molecule has 1 rings (SSSR count). The average Bonchev–Trinajstić information content (AvgIpc) is 2.41. The van der Waals surface area contributed by atoms with E-state index in [2.05, 4.69) is 5.32 Å². The molecule has 1 aromatic rings. The van der Waals surface area contributed by atoms with Crippen LogP contribution in [0.1, 0.15) is 25.3 Å². The number of hydrogen-bond donors (Lipinski definition) is 2. The van der Waals surface area contributed by atoms with Crippen LogP contribution in [-0.2, 0) is 25.7 Å². The number of carbonyl (C=O) groups excluding carboxylic acids is 2. The number of amides is 1. The van der Waals surface area contributed by atoms with Gasteiger partial charge in [-0.1, -0.05) is 30.3 Å². The number of carboxylic acid groups (broad SMARTS) is 1. The Kier molecular flexibility index (Phi) is 6.22. The molecule has 0 fully saturated rings. The zero-order valence-corrected chi connectivity index (χ0v) is 11.2. The van der Waals surface area contributed by atoms with Crippen LogP contribution in [-0.4, -0.2) is 29.0 Å². The van der Waals surface area contributed by atoms with Gasteiger partial charge in [0.05, 0.1) is 0 Å². The predicted octanol–water partition coefficient (Wildman–Crippen LogP) is 1.10. The minimum absolute atomic E-state index is 0.00252. The first-order valence-electron chi connectivity index (χ1n) is 6.18. The lowest BCUT2D eigenvalue weighted by Gasteiger charge is -2.12. The zero-order valence-electron chi connectivity index (χ0n) is 11.2. The van der Waals surface area contributed by atoms with Gasteiger partial charge in [-0.15, -0.1) is 0 Å². The van der Waals surface area contributed by atoms with Gasteiger partial charge in [0.25, 0.3) is 0 Å². The van der Waals surface area contributed by atoms with Gasteiger partial charge in [0, 0.05) is 13.3 Å². The van der Waals surface area contributed by atoms with Crippen molar-refractivity contribution >= 4 is 17.8 Å². The van der Waals surface area contributed by atoms with Gasteiger partial charge in [-0.2, -0.15) is 0 Å². The largest absolute Gasteiger partial charge is 0.480 e. The van der Waals surface area contributed by atoms with Crippen molar-refractivity contribution in [2.24, 2.45) is 0 Å². The van der Waals surface area contributed by atoms with E-state index in [0.717, 1.165) is 5.56 Å². The summed E-state index contributed by atoms with van der Waals surface area (Å²) in [6, 6.07) is 8.10. The van der Waals surface area contributed by atoms with Crippen LogP contribution in [0.25, 0.3) is 0 Å². The molecular weight excluding hydrogens is 262 g/mol. The Bertz CT molecular complexity index is 472. The fourth-order valence-corrected chi connectivity index (χ4v) is 1.58. The molecule has 0 aromatic heterocycles. The fraction of sp³-hybridized carbons (Fsp3) is 0.357. The first-order valence-corrected chi connectivity index (χ1v) is 6.18. The molecule has 108 valence electrons. The molecule has 2 N–H and O–H groups in total. The molecule has 20 heavy (non-hydrogen) atoms. The molecule has 1 atom stereocenters. The summed E-state index contributed by atoms with van der Waals surface area (Å²) in [7, 11) is 0. The molecule has 6 heteroatoms. The van der Waals surface area contributed by atoms with E-state index in [1.54, 1.807) is 0 Å². The summed E-state index contributed by atoms with van der Waals surface area (Å²) in [4.78, 5) is 33.2. The zero-order chi connectivity index (χ0) is 15.0. The van der Waals surface area contributed by atoms with Crippen molar-refractivity contribution in [3.63, 3.8) is 0 Å². The second-order valence-corrected chi connectivity index (χ2v) is 4.28. The highest BCUT2D eigenvalue weighted by Crippen LogP contribution is 2.04. The summed E-state index contributed by atoms with van der Waals surface area (Å²) in [5.41, 5.74) is 0.859. The number of rotatable bonds is 7. The molecule has 0 aliphatic heterocycles. The second-order valence-electron chi connectivity index (χ2n) is 4.28. The Morgan fingerprint density at radius 2 is 1.90 bits per heavy atom. The first-order chi connectivity index (χ1) is 9.49. The van der Waals surface area contributed by atoms with E-state index in [0.29, 0.717) is 0 Å². The molecule has 1 amide bonds. The Labute approximate surface area is 116 Å². The van der Waals surface area contributed by atoms with Gasteiger partial charge in [0.15, 0.2) is 0 Å². The maximum absolute atomic E-state index is 11.5. The van der Waals surface area contributed by atoms with Gasteiger partial charge in [-0.05, 0) is 12.0 Å². The molecule has 0 aliphatic carbocycles. The second kappa shape index (κ2) is 7.93. The summed E-state index contributed by atoms with van der Waals surface area (Å²) in [5, 5.41) is 11.1. The highest BCUT2D eigenvalue weighted by atomic mass is 16.5. The normalized spacial score (nSPS) is 11.4. The standard InChI is InChI=1S/C14H17NO5/c1-10(16)15-12(14(18)19)7-8-13(17)20-9-11-5-3-2-4-6-11/h2-6,12H,7-9H2,1H3,(H,15,16)(H,18,19)/t12-/m1/s1. The van der Waals surface area contributed by atoms with Gasteiger partial charge < -0.3 is 15.2 Å². The molecule has 0 spiro atoms. The Balaban J connectivity index is 2.34. The van der Waals surface area contributed by atoms with Crippen LogP contribution in [0.2, 0.25) is 0 Å². The summed E-state index contributed by atoms with van der Waals surface area (Å²) < 4.78 is 5.02. The third-order valence-electron chi connectivity index (χ3n) is 2.56. The summed E-state index contributed by atoms with van der Waals surface area (Å²) in [6.07, 6.45) is -0.0629. The Morgan fingerprint density at radius 3 is 2.45 bits per heavy atom. The average molecular weight is 279 g/mol. The number of nitrogens with one attached hydrogen (secondary N) is 1. The van der Waals surface area contributed by atoms with Gasteiger partial charge in [0.2, 0.25) is 5.91 Å². The smallest absolute Gasteiger partial charge is 0.326 e. The number of carboxylic acids is 1. The lowest BCUT2D eigenvalue weighted by atomic mass is 10.1.